The van der Waals surface area contributed by atoms with Crippen LogP contribution in [0.5, 0.6) is 0 Å². The van der Waals surface area contributed by atoms with Gasteiger partial charge in [0.2, 0.25) is 30.0 Å². The Morgan fingerprint density at radius 1 is 0.583 bits per heavy atom. The largest absolute Gasteiger partial charge is 0.385 e. The van der Waals surface area contributed by atoms with E-state index < -0.39 is 5.03 Å². The number of ether oxygens (including phenoxy) is 5. The molecule has 808 valence electrons. The van der Waals surface area contributed by atoms with Crippen LogP contribution in [0.4, 0.5) is 0 Å². The lowest BCUT2D eigenvalue weighted by atomic mass is 10.1. The number of hydrogen-bond donors (Lipinski definition) is 11. The summed E-state index contributed by atoms with van der Waals surface area (Å²) in [5.41, 5.74) is 22.4. The predicted molar refractivity (Wildman–Crippen MR) is 595 cm³/mol. The summed E-state index contributed by atoms with van der Waals surface area (Å²) in [4.78, 5) is 54.9. The molecule has 0 amide bonds. The number of guanidine groups is 5. The molecule has 4 fully saturated rings. The molecule has 39 nitrogen and oxygen atoms in total. The number of unbranched alkanes of at least 4 members (excludes halogenated alkanes) is 4. The molecule has 139 heavy (non-hydrogen) atoms. The molecule has 0 bridgehead atoms. The van der Waals surface area contributed by atoms with Crippen LogP contribution in [0, 0.1) is 52.3 Å². The van der Waals surface area contributed by atoms with E-state index in [1.165, 1.54) is 179 Å². The molecule has 14 N–H and O–H groups in total. The van der Waals surface area contributed by atoms with E-state index in [4.69, 9.17) is 52.1 Å². The Morgan fingerprint density at radius 2 is 1.04 bits per heavy atom. The third-order valence-electron chi connectivity index (χ3n) is 19.8. The molecule has 4 saturated heterocycles. The van der Waals surface area contributed by atoms with Crippen molar-refractivity contribution in [3.63, 3.8) is 0 Å². The van der Waals surface area contributed by atoms with Gasteiger partial charge in [0.1, 0.15) is 5.84 Å². The molecule has 7 aliphatic heterocycles. The summed E-state index contributed by atoms with van der Waals surface area (Å²) < 4.78 is 24.3. The van der Waals surface area contributed by atoms with Gasteiger partial charge < -0.3 is 101 Å². The van der Waals surface area contributed by atoms with Gasteiger partial charge in [-0.05, 0) is 182 Å². The number of nitriles is 2. The number of likely N-dealkylation sites (N-methyl/N-ethyl adjacent to an activating group) is 4. The molecule has 7 aliphatic rings. The van der Waals surface area contributed by atoms with Crippen LogP contribution in [-0.4, -0.2) is 424 Å². The summed E-state index contributed by atoms with van der Waals surface area (Å²) in [5, 5.41) is 56.7. The van der Waals surface area contributed by atoms with Crippen LogP contribution >= 0.6 is 11.3 Å². The van der Waals surface area contributed by atoms with E-state index >= 15 is 0 Å². The lowest BCUT2D eigenvalue weighted by molar-refractivity contribution is -0.485. The third kappa shape index (κ3) is 103. The molecule has 40 heteroatoms. The van der Waals surface area contributed by atoms with Crippen LogP contribution in [0.15, 0.2) is 122 Å². The maximum absolute atomic E-state index is 9.75. The smallest absolute Gasteiger partial charge is 0.211 e. The summed E-state index contributed by atoms with van der Waals surface area (Å²) in [6.45, 7) is 60.6. The van der Waals surface area contributed by atoms with E-state index in [1.54, 1.807) is 50.9 Å². The second kappa shape index (κ2) is 114. The lowest BCUT2D eigenvalue weighted by Crippen LogP contribution is -2.43. The molecule has 1 aromatic heterocycles. The number of likely N-dealkylation sites (tertiary alicyclic amines) is 3. The number of hydrazone groups is 1. The van der Waals surface area contributed by atoms with Gasteiger partial charge in [0, 0.05) is 190 Å². The van der Waals surface area contributed by atoms with E-state index in [2.05, 4.69) is 212 Å². The van der Waals surface area contributed by atoms with Crippen molar-refractivity contribution in [3.8, 4) is 12.4 Å². The van der Waals surface area contributed by atoms with Gasteiger partial charge in [-0.15, -0.1) is 55.8 Å². The number of morpholine rings is 1. The Balaban J connectivity index is -0.000000221. The van der Waals surface area contributed by atoms with Crippen molar-refractivity contribution >= 4 is 58.6 Å². The fourth-order valence-corrected chi connectivity index (χ4v) is 12.5. The fraction of sp³-hybridized carbons (Fsp3) is 0.737. The zero-order chi connectivity index (χ0) is 107. The average Bonchev–Trinajstić information content (AvgIpc) is 1.80. The van der Waals surface area contributed by atoms with E-state index in [0.717, 1.165) is 122 Å². The number of hydrogen-bond acceptors (Lipinski definition) is 30. The second-order valence-electron chi connectivity index (χ2n) is 32.1. The van der Waals surface area contributed by atoms with E-state index in [0.29, 0.717) is 63.5 Å². The molecule has 0 spiro atoms. The standard InChI is InChI=1S/2C9H19N.C8H17N5.C8H17NO.C8H17N.C7H14N4O.C7H16N2O.C7H8.C6H14N4.C5H12N4.C5H11N3O3.C5H11N3.C5H6S.C4H11N3O.3C2H4/c2*1-2-3-7-10-8-5-4-6-9-10;1-10-5-6-13(4)8(11-7-9)12(2)3;1-2-3-4-9-5-7-10-8-6-9;1-2-3-6-9-7-4-5-8-9;1-11(2)7(10-6-8)9-4-5-12-3;1-9(2)7(8)5-4-6-10-3;1-7-5-3-2-4-6-7;1-7-10(3)6-8-4-5-9(6)2;1-6-9(2)5-7-3-4-8-5;1-11-4-2-3-5(6)7-8(9)10;1-6-4-5-7-2-3-8-5;1-5-3-2-4-6-5;1-8-3-2-7-4(5)6;3*1-2/h2*2-9H2,1H3;10H,5-6H2,1-4H3;2-8H2,1H3;2-8H2,1H3;4-5H2,1-3H3,(H,9,10);8H,4-6H2,1-3H3;2-6H,1H3;7H,4-5H2,1-3H3;6H,3-4H2,1-2H3,(H,7,8);2-4H2,1H3,(H2,6,7);6H,2-4H2,1H3,(H,7,8);2-4H,1H3;2-3H2,1H3,(H4,5,6,7);3*1-2H2. The van der Waals surface area contributed by atoms with Gasteiger partial charge in [-0.3, -0.25) is 45.6 Å². The van der Waals surface area contributed by atoms with E-state index in [-0.39, 0.29) is 11.8 Å². The number of methoxy groups -OCH3 is 4. The van der Waals surface area contributed by atoms with Crippen molar-refractivity contribution in [2.75, 3.05) is 317 Å². The Bertz CT molecular complexity index is 3210. The first kappa shape index (κ1) is 145. The second-order valence-corrected chi connectivity index (χ2v) is 33.3. The zero-order valence-corrected chi connectivity index (χ0v) is 92.7. The topological polar surface area (TPSA) is 445 Å². The maximum atomic E-state index is 9.75. The minimum absolute atomic E-state index is 0.0343. The Labute approximate surface area is 850 Å². The highest BCUT2D eigenvalue weighted by atomic mass is 32.1. The molecule has 0 saturated carbocycles. The minimum Gasteiger partial charge on any atom is -0.385 e. The number of benzene rings is 1. The molecule has 2 aromatic rings. The summed E-state index contributed by atoms with van der Waals surface area (Å²) in [7, 11) is 33.0. The summed E-state index contributed by atoms with van der Waals surface area (Å²) in [5.74, 6) is 5.07. The highest BCUT2D eigenvalue weighted by molar-refractivity contribution is 7.09. The van der Waals surface area contributed by atoms with Crippen LogP contribution < -0.4 is 54.6 Å². The van der Waals surface area contributed by atoms with Gasteiger partial charge in [0.15, 0.2) is 23.0 Å². The quantitative estimate of drug-likeness (QED) is 0.00453. The molecule has 1 aromatic carbocycles. The first-order valence-electron chi connectivity index (χ1n) is 49.4. The van der Waals surface area contributed by atoms with Crippen molar-refractivity contribution in [2.45, 2.75) is 170 Å². The van der Waals surface area contributed by atoms with Crippen LogP contribution in [0.2, 0.25) is 0 Å². The molecule has 9 rings (SSSR count). The van der Waals surface area contributed by atoms with Gasteiger partial charge in [-0.1, -0.05) is 108 Å². The SMILES string of the molecule is C=C.C=C.C=C.CCCCN1CCCC1.CCCCN1CCCCC1.CCCCN1CCCCC1.CCCCN1CCOCC1.CNCC1=NCCN1.CNCCN(C)C(=NC#N)N(C)C.CNN(C)C1=NCCN1.CNN(C)C1=NCCN1C.COCCC/C(N)=N/[N+](=O)[O-].COCCCC(=N)N(C)C.COCCN=C(N)N.COCCN=C(NC#N)N(C)C.Cc1ccccc1.Cc1cccs1. The summed E-state index contributed by atoms with van der Waals surface area (Å²) >= 11 is 1.78. The van der Waals surface area contributed by atoms with Crippen molar-refractivity contribution in [1.82, 2.24) is 91.6 Å². The molecule has 0 radical (unpaired) electrons. The fourth-order valence-electron chi connectivity index (χ4n) is 12.0. The molecular formula is C99H204N32O7S. The number of nitrogens with zero attached hydrogens (tertiary/aromatic N) is 21. The number of hydrazine groups is 2. The normalized spacial score (nSPS) is 14.3. The number of piperidine rings is 2. The Hall–Kier alpha value is -9.24. The monoisotopic (exact) mass is 1990 g/mol. The number of rotatable bonds is 34. The number of nitrogens with one attached hydrogen (secondary N) is 8. The highest BCUT2D eigenvalue weighted by Gasteiger charge is 2.17. The molecular weight excluding hydrogens is 1780 g/mol. The first-order chi connectivity index (χ1) is 67.0. The van der Waals surface area contributed by atoms with Crippen molar-refractivity contribution in [3.05, 3.63) is 108 Å². The molecule has 0 atom stereocenters. The first-order valence-corrected chi connectivity index (χ1v) is 50.3. The third-order valence-corrected chi connectivity index (χ3v) is 20.6. The number of nitrogens with two attached hydrogens (primary N) is 3. The zero-order valence-electron chi connectivity index (χ0n) is 91.9. The highest BCUT2D eigenvalue weighted by Crippen LogP contribution is 2.12. The van der Waals surface area contributed by atoms with Crippen LogP contribution in [0.1, 0.15) is 167 Å². The van der Waals surface area contributed by atoms with Crippen LogP contribution in [0.3, 0.4) is 0 Å². The molecule has 8 heterocycles. The minimum atomic E-state index is -0.803. The number of amidine groups is 3. The lowest BCUT2D eigenvalue weighted by Gasteiger charge is -2.26. The number of thiophene rings is 1. The van der Waals surface area contributed by atoms with E-state index in [9.17, 15) is 10.1 Å². The number of aliphatic imine (C=N–C) groups is 6. The van der Waals surface area contributed by atoms with Crippen LogP contribution in [0.25, 0.3) is 0 Å². The van der Waals surface area contributed by atoms with Gasteiger partial charge in [0.05, 0.1) is 76.6 Å². The molecule has 0 aliphatic carbocycles. The van der Waals surface area contributed by atoms with Crippen molar-refractivity contribution in [1.29, 1.82) is 15.9 Å². The number of nitro groups is 1. The van der Waals surface area contributed by atoms with Crippen LogP contribution in [-0.2, 0) is 23.7 Å². The summed E-state index contributed by atoms with van der Waals surface area (Å²) in [6, 6.07) is 14.4. The van der Waals surface area contributed by atoms with Crippen molar-refractivity contribution < 1.29 is 28.7 Å². The van der Waals surface area contributed by atoms with Crippen molar-refractivity contribution in [2.24, 2.45) is 52.3 Å². The average molecular weight is 1990 g/mol. The molecule has 0 unspecified atom stereocenters. The van der Waals surface area contributed by atoms with Gasteiger partial charge in [0.25, 0.3) is 0 Å². The van der Waals surface area contributed by atoms with Gasteiger partial charge in [-0.2, -0.15) is 10.5 Å². The maximum Gasteiger partial charge on any atom is 0.211 e. The number of aryl methyl sites for hydroxylation is 2. The summed E-state index contributed by atoms with van der Waals surface area (Å²) in [6.07, 6.45) is 28.8. The van der Waals surface area contributed by atoms with Gasteiger partial charge in [-0.25, -0.2) is 26.0 Å². The Kier molecular flexibility index (Phi) is 119. The Morgan fingerprint density at radius 3 is 1.37 bits per heavy atom. The van der Waals surface area contributed by atoms with E-state index in [1.807, 2.05) is 148 Å². The van der Waals surface area contributed by atoms with Gasteiger partial charge >= 0.3 is 0 Å². The predicted octanol–water partition coefficient (Wildman–Crippen LogP) is 10.6.